The molecule has 0 saturated heterocycles. The van der Waals surface area contributed by atoms with E-state index in [1.807, 2.05) is 84.2 Å². The van der Waals surface area contributed by atoms with Crippen molar-refractivity contribution < 1.29 is 14.3 Å². The number of benzene rings is 3. The first kappa shape index (κ1) is 21.3. The molecule has 160 valence electrons. The number of amides is 2. The number of ether oxygens (including phenoxy) is 1. The number of hydrogen-bond donors (Lipinski definition) is 2. The van der Waals surface area contributed by atoms with Crippen LogP contribution in [0.3, 0.4) is 0 Å². The lowest BCUT2D eigenvalue weighted by molar-refractivity contribution is -0.129. The normalized spacial score (nSPS) is 10.4. The second kappa shape index (κ2) is 10.4. The zero-order valence-corrected chi connectivity index (χ0v) is 18.0. The van der Waals surface area contributed by atoms with Crippen LogP contribution in [0.1, 0.15) is 5.69 Å². The molecule has 2 N–H and O–H groups in total. The van der Waals surface area contributed by atoms with Crippen molar-refractivity contribution in [3.63, 3.8) is 0 Å². The number of aromatic nitrogens is 1. The summed E-state index contributed by atoms with van der Waals surface area (Å²) in [5.74, 6) is -0.214. The van der Waals surface area contributed by atoms with Gasteiger partial charge in [-0.25, -0.2) is 4.98 Å². The van der Waals surface area contributed by atoms with Crippen molar-refractivity contribution in [2.75, 3.05) is 6.61 Å². The Labute approximate surface area is 189 Å². The highest BCUT2D eigenvalue weighted by Gasteiger charge is 2.11. The number of thiazole rings is 1. The van der Waals surface area contributed by atoms with Crippen LogP contribution in [0.4, 0.5) is 0 Å². The molecule has 0 bridgehead atoms. The van der Waals surface area contributed by atoms with E-state index in [1.54, 1.807) is 6.07 Å². The largest absolute Gasteiger partial charge is 0.483 e. The number of rotatable bonds is 7. The van der Waals surface area contributed by atoms with E-state index in [2.05, 4.69) is 15.8 Å². The molecule has 4 aromatic rings. The second-order valence-corrected chi connectivity index (χ2v) is 7.79. The van der Waals surface area contributed by atoms with Crippen molar-refractivity contribution in [3.05, 3.63) is 96.0 Å². The summed E-state index contributed by atoms with van der Waals surface area (Å²) < 4.78 is 5.68. The molecule has 0 saturated carbocycles. The third-order valence-corrected chi connectivity index (χ3v) is 5.53. The molecule has 0 aliphatic rings. The maximum absolute atomic E-state index is 12.2. The van der Waals surface area contributed by atoms with E-state index in [4.69, 9.17) is 4.74 Å². The van der Waals surface area contributed by atoms with Crippen molar-refractivity contribution in [1.82, 2.24) is 15.8 Å². The summed E-state index contributed by atoms with van der Waals surface area (Å²) in [6.45, 7) is -0.223. The summed E-state index contributed by atoms with van der Waals surface area (Å²) in [6, 6.07) is 27.1. The van der Waals surface area contributed by atoms with Gasteiger partial charge in [0.05, 0.1) is 12.1 Å². The van der Waals surface area contributed by atoms with Crippen molar-refractivity contribution in [1.29, 1.82) is 0 Å². The fourth-order valence-corrected chi connectivity index (χ4v) is 3.90. The standard InChI is InChI=1S/C25H21N3O3S/c29-23(15-20-17-32-25(26-20)19-11-5-2-6-12-19)27-28-24(30)16-31-22-14-8-7-13-21(22)18-9-3-1-4-10-18/h1-14,17H,15-16H2,(H,27,29)(H,28,30). The van der Waals surface area contributed by atoms with Gasteiger partial charge < -0.3 is 4.74 Å². The van der Waals surface area contributed by atoms with Gasteiger partial charge in [-0.15, -0.1) is 11.3 Å². The quantitative estimate of drug-likeness (QED) is 0.419. The minimum absolute atomic E-state index is 0.0707. The van der Waals surface area contributed by atoms with Gasteiger partial charge in [-0.3, -0.25) is 20.4 Å². The molecule has 1 aromatic heterocycles. The molecular formula is C25H21N3O3S. The average Bonchev–Trinajstić information content (AvgIpc) is 3.31. The summed E-state index contributed by atoms with van der Waals surface area (Å²) >= 11 is 1.48. The molecule has 0 atom stereocenters. The maximum atomic E-state index is 12.2. The van der Waals surface area contributed by atoms with E-state index in [1.165, 1.54) is 11.3 Å². The average molecular weight is 444 g/mol. The van der Waals surface area contributed by atoms with Crippen molar-refractivity contribution >= 4 is 23.2 Å². The third-order valence-electron chi connectivity index (χ3n) is 4.59. The monoisotopic (exact) mass is 443 g/mol. The molecule has 0 aliphatic heterocycles. The van der Waals surface area contributed by atoms with E-state index in [0.29, 0.717) is 11.4 Å². The van der Waals surface area contributed by atoms with Gasteiger partial charge >= 0.3 is 0 Å². The van der Waals surface area contributed by atoms with Crippen LogP contribution in [0.25, 0.3) is 21.7 Å². The Morgan fingerprint density at radius 1 is 0.781 bits per heavy atom. The van der Waals surface area contributed by atoms with Gasteiger partial charge in [0.15, 0.2) is 6.61 Å². The number of para-hydroxylation sites is 1. The Hall–Kier alpha value is -3.97. The van der Waals surface area contributed by atoms with Crippen LogP contribution in [0.5, 0.6) is 5.75 Å². The molecule has 1 heterocycles. The van der Waals surface area contributed by atoms with E-state index >= 15 is 0 Å². The number of carbonyl (C=O) groups excluding carboxylic acids is 2. The van der Waals surface area contributed by atoms with Crippen LogP contribution in [-0.2, 0) is 16.0 Å². The first-order valence-electron chi connectivity index (χ1n) is 10.0. The zero-order valence-electron chi connectivity index (χ0n) is 17.2. The van der Waals surface area contributed by atoms with E-state index < -0.39 is 5.91 Å². The van der Waals surface area contributed by atoms with E-state index in [-0.39, 0.29) is 18.9 Å². The molecule has 2 amide bonds. The van der Waals surface area contributed by atoms with Crippen LogP contribution in [0, 0.1) is 0 Å². The van der Waals surface area contributed by atoms with Gasteiger partial charge in [-0.2, -0.15) is 0 Å². The Morgan fingerprint density at radius 2 is 1.41 bits per heavy atom. The lowest BCUT2D eigenvalue weighted by atomic mass is 10.1. The van der Waals surface area contributed by atoms with Crippen molar-refractivity contribution in [2.45, 2.75) is 6.42 Å². The predicted molar refractivity (Wildman–Crippen MR) is 125 cm³/mol. The first-order chi connectivity index (χ1) is 15.7. The fourth-order valence-electron chi connectivity index (χ4n) is 3.08. The summed E-state index contributed by atoms with van der Waals surface area (Å²) in [6.07, 6.45) is 0.0707. The van der Waals surface area contributed by atoms with Gasteiger partial charge in [0.2, 0.25) is 5.91 Å². The minimum Gasteiger partial charge on any atom is -0.483 e. The topological polar surface area (TPSA) is 80.3 Å². The summed E-state index contributed by atoms with van der Waals surface area (Å²) in [5.41, 5.74) is 8.33. The van der Waals surface area contributed by atoms with Gasteiger partial charge in [-0.05, 0) is 11.6 Å². The number of hydrazine groups is 1. The predicted octanol–water partition coefficient (Wildman–Crippen LogP) is 4.25. The molecule has 6 nitrogen and oxygen atoms in total. The highest BCUT2D eigenvalue weighted by Crippen LogP contribution is 2.29. The molecule has 7 heteroatoms. The summed E-state index contributed by atoms with van der Waals surface area (Å²) in [5, 5.41) is 2.69. The molecule has 4 rings (SSSR count). The number of nitrogens with one attached hydrogen (secondary N) is 2. The molecule has 0 aliphatic carbocycles. The smallest absolute Gasteiger partial charge is 0.276 e. The summed E-state index contributed by atoms with van der Waals surface area (Å²) in [4.78, 5) is 28.8. The molecule has 3 aromatic carbocycles. The maximum Gasteiger partial charge on any atom is 0.276 e. The molecule has 0 unspecified atom stereocenters. The number of carbonyl (C=O) groups is 2. The van der Waals surface area contributed by atoms with Gasteiger partial charge in [0, 0.05) is 16.5 Å². The van der Waals surface area contributed by atoms with E-state index in [9.17, 15) is 9.59 Å². The highest BCUT2D eigenvalue weighted by molar-refractivity contribution is 7.13. The number of hydrogen-bond acceptors (Lipinski definition) is 5. The molecule has 32 heavy (non-hydrogen) atoms. The van der Waals surface area contributed by atoms with Crippen LogP contribution >= 0.6 is 11.3 Å². The van der Waals surface area contributed by atoms with Crippen LogP contribution in [-0.4, -0.2) is 23.4 Å². The Balaban J connectivity index is 1.26. The fraction of sp³-hybridized carbons (Fsp3) is 0.0800. The van der Waals surface area contributed by atoms with Gasteiger partial charge in [-0.1, -0.05) is 78.9 Å². The highest BCUT2D eigenvalue weighted by atomic mass is 32.1. The third kappa shape index (κ3) is 5.59. The molecule has 0 fully saturated rings. The number of nitrogens with zero attached hydrogens (tertiary/aromatic N) is 1. The van der Waals surface area contributed by atoms with Crippen molar-refractivity contribution in [2.24, 2.45) is 0 Å². The van der Waals surface area contributed by atoms with Gasteiger partial charge in [0.1, 0.15) is 10.8 Å². The van der Waals surface area contributed by atoms with Gasteiger partial charge in [0.25, 0.3) is 5.91 Å². The first-order valence-corrected chi connectivity index (χ1v) is 10.9. The molecular weight excluding hydrogens is 422 g/mol. The Bertz CT molecular complexity index is 1190. The van der Waals surface area contributed by atoms with Crippen LogP contribution < -0.4 is 15.6 Å². The lowest BCUT2D eigenvalue weighted by Gasteiger charge is -2.12. The second-order valence-electron chi connectivity index (χ2n) is 6.93. The van der Waals surface area contributed by atoms with Crippen LogP contribution in [0.2, 0.25) is 0 Å². The Kier molecular flexibility index (Phi) is 6.89. The van der Waals surface area contributed by atoms with Crippen LogP contribution in [0.15, 0.2) is 90.3 Å². The SMILES string of the molecule is O=C(COc1ccccc1-c1ccccc1)NNC(=O)Cc1csc(-c2ccccc2)n1. The molecule has 0 spiro atoms. The Morgan fingerprint density at radius 3 is 2.16 bits per heavy atom. The summed E-state index contributed by atoms with van der Waals surface area (Å²) in [7, 11) is 0. The zero-order chi connectivity index (χ0) is 22.2. The van der Waals surface area contributed by atoms with Crippen molar-refractivity contribution in [3.8, 4) is 27.4 Å². The van der Waals surface area contributed by atoms with E-state index in [0.717, 1.165) is 21.7 Å². The lowest BCUT2D eigenvalue weighted by Crippen LogP contribution is -2.44. The minimum atomic E-state index is -0.454. The molecule has 0 radical (unpaired) electrons.